The predicted octanol–water partition coefficient (Wildman–Crippen LogP) is 1.45. The number of hydrogen-bond acceptors (Lipinski definition) is 5. The number of amides is 1. The maximum absolute atomic E-state index is 12.0. The molecule has 0 unspecified atom stereocenters. The van der Waals surface area contributed by atoms with Gasteiger partial charge in [0.1, 0.15) is 11.6 Å². The molecule has 1 aliphatic heterocycles. The summed E-state index contributed by atoms with van der Waals surface area (Å²) in [6.45, 7) is -0.174. The van der Waals surface area contributed by atoms with Crippen molar-refractivity contribution in [2.45, 2.75) is 12.3 Å². The van der Waals surface area contributed by atoms with Crippen LogP contribution in [0.15, 0.2) is 30.5 Å². The molecular weight excluding hydrogens is 298 g/mol. The Labute approximate surface area is 133 Å². The van der Waals surface area contributed by atoms with Gasteiger partial charge in [-0.2, -0.15) is 5.10 Å². The maximum atomic E-state index is 12.0. The van der Waals surface area contributed by atoms with Crippen LogP contribution in [0.25, 0.3) is 0 Å². The molecule has 1 N–H and O–H groups in total. The fraction of sp³-hybridized carbons (Fsp3) is 0.312. The molecule has 2 heterocycles. The molecule has 23 heavy (non-hydrogen) atoms. The maximum Gasteiger partial charge on any atom is 0.343 e. The summed E-state index contributed by atoms with van der Waals surface area (Å²) in [6.07, 6.45) is 2.05. The summed E-state index contributed by atoms with van der Waals surface area (Å²) >= 11 is 0. The van der Waals surface area contributed by atoms with Gasteiger partial charge in [-0.15, -0.1) is 0 Å². The number of benzene rings is 1. The Bertz CT molecular complexity index is 754. The van der Waals surface area contributed by atoms with Crippen LogP contribution in [0.3, 0.4) is 0 Å². The largest absolute Gasteiger partial charge is 0.482 e. The minimum absolute atomic E-state index is 0.0751. The Morgan fingerprint density at radius 1 is 1.39 bits per heavy atom. The van der Waals surface area contributed by atoms with Gasteiger partial charge in [0.25, 0.3) is 0 Å². The predicted molar refractivity (Wildman–Crippen MR) is 82.3 cm³/mol. The van der Waals surface area contributed by atoms with Crippen molar-refractivity contribution in [3.63, 3.8) is 0 Å². The highest BCUT2D eigenvalue weighted by molar-refractivity contribution is 5.94. The van der Waals surface area contributed by atoms with Crippen molar-refractivity contribution in [2.75, 3.05) is 19.0 Å². The Hall–Kier alpha value is -2.83. The molecule has 120 valence electrons. The summed E-state index contributed by atoms with van der Waals surface area (Å²) < 4.78 is 11.8. The number of aromatic nitrogens is 2. The molecule has 0 aliphatic carbocycles. The molecule has 1 amide bonds. The molecule has 0 saturated heterocycles. The highest BCUT2D eigenvalue weighted by atomic mass is 16.6. The molecule has 7 heteroatoms. The van der Waals surface area contributed by atoms with Gasteiger partial charge < -0.3 is 14.8 Å². The van der Waals surface area contributed by atoms with Crippen molar-refractivity contribution in [3.8, 4) is 5.75 Å². The fourth-order valence-electron chi connectivity index (χ4n) is 2.71. The van der Waals surface area contributed by atoms with Crippen molar-refractivity contribution in [2.24, 2.45) is 7.05 Å². The van der Waals surface area contributed by atoms with E-state index in [2.05, 4.69) is 15.2 Å². The normalized spacial score (nSPS) is 16.4. The highest BCUT2D eigenvalue weighted by Crippen LogP contribution is 2.40. The lowest BCUT2D eigenvalue weighted by Gasteiger charge is -2.24. The lowest BCUT2D eigenvalue weighted by atomic mass is 9.87. The minimum atomic E-state index is -0.455. The summed E-state index contributed by atoms with van der Waals surface area (Å²) in [5.41, 5.74) is 1.78. The molecule has 1 atom stereocenters. The zero-order chi connectivity index (χ0) is 16.4. The van der Waals surface area contributed by atoms with Crippen LogP contribution in [0.2, 0.25) is 0 Å². The number of rotatable bonds is 4. The van der Waals surface area contributed by atoms with E-state index in [1.807, 2.05) is 18.2 Å². The average Bonchev–Trinajstić information content (AvgIpc) is 2.93. The van der Waals surface area contributed by atoms with Gasteiger partial charge in [-0.3, -0.25) is 9.48 Å². The van der Waals surface area contributed by atoms with Gasteiger partial charge in [0.2, 0.25) is 5.91 Å². The minimum Gasteiger partial charge on any atom is -0.482 e. The molecule has 3 rings (SSSR count). The van der Waals surface area contributed by atoms with Gasteiger partial charge in [0.15, 0.2) is 6.61 Å². The summed E-state index contributed by atoms with van der Waals surface area (Å²) in [6, 6.07) is 7.37. The number of methoxy groups -OCH3 is 1. The van der Waals surface area contributed by atoms with Crippen LogP contribution in [-0.4, -0.2) is 35.4 Å². The molecule has 7 nitrogen and oxygen atoms in total. The molecule has 0 bridgehead atoms. The third-order valence-corrected chi connectivity index (χ3v) is 3.86. The standard InChI is InChI=1S/C16H17N3O4/c1-19-16-12(8-17-19)11(7-14(20)18-16)10-5-3-4-6-13(10)23-9-15(21)22-2/h3-6,8,11H,7,9H2,1-2H3,(H,18,20)/t11-/m0/s1. The van der Waals surface area contributed by atoms with Gasteiger partial charge in [-0.25, -0.2) is 4.79 Å². The van der Waals surface area contributed by atoms with Gasteiger partial charge in [0.05, 0.1) is 13.3 Å². The Morgan fingerprint density at radius 2 is 2.17 bits per heavy atom. The van der Waals surface area contributed by atoms with Gasteiger partial charge in [0, 0.05) is 30.5 Å². The molecule has 0 saturated carbocycles. The number of nitrogens with one attached hydrogen (secondary N) is 1. The number of anilines is 1. The Kier molecular flexibility index (Phi) is 4.01. The number of carbonyl (C=O) groups excluding carboxylic acids is 2. The fourth-order valence-corrected chi connectivity index (χ4v) is 2.71. The molecule has 0 fully saturated rings. The van der Waals surface area contributed by atoms with Gasteiger partial charge >= 0.3 is 5.97 Å². The number of carbonyl (C=O) groups is 2. The van der Waals surface area contributed by atoms with E-state index in [-0.39, 0.29) is 18.4 Å². The third-order valence-electron chi connectivity index (χ3n) is 3.86. The Balaban J connectivity index is 1.96. The van der Waals surface area contributed by atoms with E-state index in [1.165, 1.54) is 7.11 Å². The van der Waals surface area contributed by atoms with E-state index in [1.54, 1.807) is 24.0 Å². The van der Waals surface area contributed by atoms with E-state index < -0.39 is 5.97 Å². The summed E-state index contributed by atoms with van der Waals surface area (Å²) in [7, 11) is 3.09. The van der Waals surface area contributed by atoms with E-state index >= 15 is 0 Å². The number of ether oxygens (including phenoxy) is 2. The van der Waals surface area contributed by atoms with E-state index in [0.29, 0.717) is 18.0 Å². The first-order valence-electron chi connectivity index (χ1n) is 7.20. The van der Waals surface area contributed by atoms with E-state index in [4.69, 9.17) is 4.74 Å². The second kappa shape index (κ2) is 6.12. The van der Waals surface area contributed by atoms with Crippen LogP contribution in [0, 0.1) is 0 Å². The lowest BCUT2D eigenvalue weighted by Crippen LogP contribution is -2.25. The SMILES string of the molecule is COC(=O)COc1ccccc1[C@@H]1CC(=O)Nc2c1cnn2C. The molecule has 1 aromatic heterocycles. The Morgan fingerprint density at radius 3 is 2.96 bits per heavy atom. The topological polar surface area (TPSA) is 82.4 Å². The molecule has 2 aromatic rings. The lowest BCUT2D eigenvalue weighted by molar-refractivity contribution is -0.142. The molecule has 0 radical (unpaired) electrons. The summed E-state index contributed by atoms with van der Waals surface area (Å²) in [5.74, 6) is 0.555. The second-order valence-electron chi connectivity index (χ2n) is 5.28. The first kappa shape index (κ1) is 15.1. The summed E-state index contributed by atoms with van der Waals surface area (Å²) in [5, 5.41) is 7.05. The molecule has 1 aromatic carbocycles. The highest BCUT2D eigenvalue weighted by Gasteiger charge is 2.31. The molecule has 1 aliphatic rings. The first-order valence-corrected chi connectivity index (χ1v) is 7.20. The number of fused-ring (bicyclic) bond motifs is 1. The monoisotopic (exact) mass is 315 g/mol. The van der Waals surface area contributed by atoms with Crippen LogP contribution in [-0.2, 0) is 21.4 Å². The summed E-state index contributed by atoms with van der Waals surface area (Å²) in [4.78, 5) is 23.3. The average molecular weight is 315 g/mol. The zero-order valence-corrected chi connectivity index (χ0v) is 12.9. The van der Waals surface area contributed by atoms with Crippen molar-refractivity contribution >= 4 is 17.7 Å². The van der Waals surface area contributed by atoms with Crippen molar-refractivity contribution < 1.29 is 19.1 Å². The molecule has 0 spiro atoms. The van der Waals surface area contributed by atoms with Crippen molar-refractivity contribution in [1.29, 1.82) is 0 Å². The number of nitrogens with zero attached hydrogens (tertiary/aromatic N) is 2. The quantitative estimate of drug-likeness (QED) is 0.863. The van der Waals surface area contributed by atoms with Crippen LogP contribution < -0.4 is 10.1 Å². The van der Waals surface area contributed by atoms with Crippen LogP contribution in [0.4, 0.5) is 5.82 Å². The molecular formula is C16H17N3O4. The van der Waals surface area contributed by atoms with Crippen LogP contribution >= 0.6 is 0 Å². The smallest absolute Gasteiger partial charge is 0.343 e. The number of para-hydroxylation sites is 1. The number of esters is 1. The van der Waals surface area contributed by atoms with E-state index in [9.17, 15) is 9.59 Å². The van der Waals surface area contributed by atoms with Gasteiger partial charge in [-0.05, 0) is 6.07 Å². The second-order valence-corrected chi connectivity index (χ2v) is 5.28. The number of aryl methyl sites for hydroxylation is 1. The third kappa shape index (κ3) is 2.90. The van der Waals surface area contributed by atoms with Gasteiger partial charge in [-0.1, -0.05) is 18.2 Å². The number of hydrogen-bond donors (Lipinski definition) is 1. The van der Waals surface area contributed by atoms with Crippen LogP contribution in [0.5, 0.6) is 5.75 Å². The van der Waals surface area contributed by atoms with Crippen molar-refractivity contribution in [1.82, 2.24) is 9.78 Å². The van der Waals surface area contributed by atoms with Crippen LogP contribution in [0.1, 0.15) is 23.5 Å². The van der Waals surface area contributed by atoms with E-state index in [0.717, 1.165) is 11.1 Å². The first-order chi connectivity index (χ1) is 11.1. The zero-order valence-electron chi connectivity index (χ0n) is 12.9. The van der Waals surface area contributed by atoms with Crippen molar-refractivity contribution in [3.05, 3.63) is 41.6 Å².